The Labute approximate surface area is 125 Å². The molecule has 0 aliphatic carbocycles. The molecule has 21 heavy (non-hydrogen) atoms. The molecule has 1 N–H and O–H groups in total. The smallest absolute Gasteiger partial charge is 0.0489 e. The van der Waals surface area contributed by atoms with Crippen LogP contribution < -0.4 is 5.32 Å². The molecule has 0 saturated carbocycles. The Morgan fingerprint density at radius 3 is 2.57 bits per heavy atom. The molecule has 2 heterocycles. The number of nitrogens with zero attached hydrogens (tertiary/aromatic N) is 1. The van der Waals surface area contributed by atoms with Crippen molar-refractivity contribution in [1.82, 2.24) is 9.88 Å². The molecule has 2 nitrogen and oxygen atoms in total. The lowest BCUT2D eigenvalue weighted by Gasteiger charge is -2.08. The summed E-state index contributed by atoms with van der Waals surface area (Å²) >= 11 is 0. The number of rotatable bonds is 1. The van der Waals surface area contributed by atoms with Gasteiger partial charge in [0.1, 0.15) is 0 Å². The minimum atomic E-state index is 1.06. The molecule has 106 valence electrons. The molecule has 4 rings (SSSR count). The lowest BCUT2D eigenvalue weighted by molar-refractivity contribution is 0.658. The van der Waals surface area contributed by atoms with Gasteiger partial charge >= 0.3 is 0 Å². The molecular formula is C19H20N2. The minimum Gasteiger partial charge on any atom is -0.343 e. The van der Waals surface area contributed by atoms with Crippen molar-refractivity contribution in [1.29, 1.82) is 0 Å². The van der Waals surface area contributed by atoms with Crippen molar-refractivity contribution < 1.29 is 0 Å². The third kappa shape index (κ3) is 2.26. The van der Waals surface area contributed by atoms with Gasteiger partial charge in [-0.25, -0.2) is 0 Å². The second-order valence-electron chi connectivity index (χ2n) is 5.93. The lowest BCUT2D eigenvalue weighted by atomic mass is 10.0. The molecule has 2 aromatic carbocycles. The van der Waals surface area contributed by atoms with E-state index in [1.807, 2.05) is 0 Å². The van der Waals surface area contributed by atoms with Crippen LogP contribution in [0.25, 0.3) is 22.0 Å². The van der Waals surface area contributed by atoms with Crippen LogP contribution in [0.3, 0.4) is 0 Å². The Morgan fingerprint density at radius 2 is 1.71 bits per heavy atom. The number of aryl methyl sites for hydroxylation is 1. The summed E-state index contributed by atoms with van der Waals surface area (Å²) in [5, 5.41) is 4.84. The normalized spacial score (nSPS) is 14.9. The Hall–Kier alpha value is -2.06. The highest BCUT2D eigenvalue weighted by Gasteiger charge is 2.12. The molecule has 3 aromatic rings. The van der Waals surface area contributed by atoms with E-state index in [4.69, 9.17) is 0 Å². The fraction of sp³-hybridized carbons (Fsp3) is 0.263. The summed E-state index contributed by atoms with van der Waals surface area (Å²) in [6.07, 6.45) is 1.12. The van der Waals surface area contributed by atoms with Crippen LogP contribution in [-0.4, -0.2) is 17.7 Å². The van der Waals surface area contributed by atoms with Crippen molar-refractivity contribution in [3.8, 4) is 11.1 Å². The van der Waals surface area contributed by atoms with Crippen LogP contribution in [0.5, 0.6) is 0 Å². The van der Waals surface area contributed by atoms with Gasteiger partial charge in [0.2, 0.25) is 0 Å². The summed E-state index contributed by atoms with van der Waals surface area (Å²) in [6, 6.07) is 18.0. The van der Waals surface area contributed by atoms with Crippen LogP contribution in [-0.2, 0) is 13.0 Å². The highest BCUT2D eigenvalue weighted by Crippen LogP contribution is 2.27. The monoisotopic (exact) mass is 276 g/mol. The molecule has 0 amide bonds. The average Bonchev–Trinajstić information content (AvgIpc) is 2.68. The zero-order valence-corrected chi connectivity index (χ0v) is 12.4. The SMILES string of the molecule is Cc1ccc(-c2ccc3cc4n(c3c2)CCNCC4)cc1. The predicted octanol–water partition coefficient (Wildman–Crippen LogP) is 3.76. The molecule has 0 spiro atoms. The molecule has 1 aliphatic heterocycles. The van der Waals surface area contributed by atoms with Crippen LogP contribution in [0, 0.1) is 6.92 Å². The molecule has 0 fully saturated rings. The molecule has 0 bridgehead atoms. The Bertz CT molecular complexity index is 781. The third-order valence-electron chi connectivity index (χ3n) is 4.45. The zero-order chi connectivity index (χ0) is 14.2. The van der Waals surface area contributed by atoms with E-state index in [1.165, 1.54) is 33.3 Å². The highest BCUT2D eigenvalue weighted by atomic mass is 15.0. The number of fused-ring (bicyclic) bond motifs is 3. The van der Waals surface area contributed by atoms with Gasteiger partial charge in [-0.15, -0.1) is 0 Å². The molecule has 0 unspecified atom stereocenters. The van der Waals surface area contributed by atoms with Gasteiger partial charge in [0, 0.05) is 37.3 Å². The van der Waals surface area contributed by atoms with Crippen molar-refractivity contribution in [2.45, 2.75) is 19.9 Å². The summed E-state index contributed by atoms with van der Waals surface area (Å²) < 4.78 is 2.48. The second-order valence-corrected chi connectivity index (χ2v) is 5.93. The van der Waals surface area contributed by atoms with Gasteiger partial charge in [-0.2, -0.15) is 0 Å². The van der Waals surface area contributed by atoms with E-state index in [2.05, 4.69) is 65.3 Å². The van der Waals surface area contributed by atoms with Gasteiger partial charge in [0.05, 0.1) is 0 Å². The predicted molar refractivity (Wildman–Crippen MR) is 88.7 cm³/mol. The molecule has 1 aliphatic rings. The maximum Gasteiger partial charge on any atom is 0.0489 e. The molecule has 1 aromatic heterocycles. The van der Waals surface area contributed by atoms with E-state index in [0.29, 0.717) is 0 Å². The molecule has 0 saturated heterocycles. The maximum atomic E-state index is 3.48. The summed E-state index contributed by atoms with van der Waals surface area (Å²) in [5.41, 5.74) is 6.73. The van der Waals surface area contributed by atoms with Gasteiger partial charge in [-0.05, 0) is 35.6 Å². The first kappa shape index (κ1) is 12.7. The van der Waals surface area contributed by atoms with Crippen molar-refractivity contribution in [3.63, 3.8) is 0 Å². The third-order valence-corrected chi connectivity index (χ3v) is 4.45. The number of hydrogen-bond acceptors (Lipinski definition) is 1. The van der Waals surface area contributed by atoms with E-state index in [1.54, 1.807) is 0 Å². The van der Waals surface area contributed by atoms with Crippen LogP contribution in [0.2, 0.25) is 0 Å². The van der Waals surface area contributed by atoms with Crippen molar-refractivity contribution in [2.24, 2.45) is 0 Å². The van der Waals surface area contributed by atoms with Gasteiger partial charge in [-0.3, -0.25) is 0 Å². The Kier molecular flexibility index (Phi) is 3.04. The summed E-state index contributed by atoms with van der Waals surface area (Å²) in [7, 11) is 0. The first-order chi connectivity index (χ1) is 10.3. The summed E-state index contributed by atoms with van der Waals surface area (Å²) in [5.74, 6) is 0. The first-order valence-corrected chi connectivity index (χ1v) is 7.71. The van der Waals surface area contributed by atoms with E-state index < -0.39 is 0 Å². The van der Waals surface area contributed by atoms with E-state index in [0.717, 1.165) is 26.1 Å². The van der Waals surface area contributed by atoms with Crippen LogP contribution in [0.1, 0.15) is 11.3 Å². The lowest BCUT2D eigenvalue weighted by Crippen LogP contribution is -2.17. The summed E-state index contributed by atoms with van der Waals surface area (Å²) in [6.45, 7) is 5.34. The minimum absolute atomic E-state index is 1.06. The van der Waals surface area contributed by atoms with Crippen molar-refractivity contribution in [2.75, 3.05) is 13.1 Å². The fourth-order valence-corrected chi connectivity index (χ4v) is 3.24. The van der Waals surface area contributed by atoms with E-state index >= 15 is 0 Å². The number of nitrogens with one attached hydrogen (secondary N) is 1. The second kappa shape index (κ2) is 5.05. The highest BCUT2D eigenvalue weighted by molar-refractivity contribution is 5.86. The average molecular weight is 276 g/mol. The Balaban J connectivity index is 1.85. The van der Waals surface area contributed by atoms with Crippen molar-refractivity contribution >= 4 is 10.9 Å². The summed E-state index contributed by atoms with van der Waals surface area (Å²) in [4.78, 5) is 0. The zero-order valence-electron chi connectivity index (χ0n) is 12.4. The molecule has 0 radical (unpaired) electrons. The molecule has 2 heteroatoms. The van der Waals surface area contributed by atoms with E-state index in [9.17, 15) is 0 Å². The quantitative estimate of drug-likeness (QED) is 0.716. The molecule has 0 atom stereocenters. The standard InChI is InChI=1S/C19H20N2/c1-14-2-4-15(5-3-14)16-6-7-17-12-18-8-9-20-10-11-21(18)19(17)13-16/h2-7,12-13,20H,8-11H2,1H3. The fourth-order valence-electron chi connectivity index (χ4n) is 3.24. The van der Waals surface area contributed by atoms with Crippen LogP contribution >= 0.6 is 0 Å². The van der Waals surface area contributed by atoms with Crippen LogP contribution in [0.4, 0.5) is 0 Å². The molecular weight excluding hydrogens is 256 g/mol. The van der Waals surface area contributed by atoms with Gasteiger partial charge < -0.3 is 9.88 Å². The van der Waals surface area contributed by atoms with Gasteiger partial charge in [0.15, 0.2) is 0 Å². The Morgan fingerprint density at radius 1 is 0.905 bits per heavy atom. The maximum absolute atomic E-state index is 3.48. The van der Waals surface area contributed by atoms with Gasteiger partial charge in [0.25, 0.3) is 0 Å². The van der Waals surface area contributed by atoms with E-state index in [-0.39, 0.29) is 0 Å². The number of aromatic nitrogens is 1. The van der Waals surface area contributed by atoms with Gasteiger partial charge in [-0.1, -0.05) is 42.0 Å². The largest absolute Gasteiger partial charge is 0.343 e. The number of hydrogen-bond donors (Lipinski definition) is 1. The number of benzene rings is 2. The topological polar surface area (TPSA) is 17.0 Å². The van der Waals surface area contributed by atoms with Crippen molar-refractivity contribution in [3.05, 3.63) is 59.8 Å². The van der Waals surface area contributed by atoms with Crippen LogP contribution in [0.15, 0.2) is 48.5 Å². The first-order valence-electron chi connectivity index (χ1n) is 7.71.